The van der Waals surface area contributed by atoms with Gasteiger partial charge in [0.1, 0.15) is 12.4 Å². The highest BCUT2D eigenvalue weighted by Gasteiger charge is 2.04. The van der Waals surface area contributed by atoms with Crippen LogP contribution in [0.2, 0.25) is 0 Å². The van der Waals surface area contributed by atoms with Gasteiger partial charge in [0.15, 0.2) is 0 Å². The molecule has 1 aromatic heterocycles. The minimum absolute atomic E-state index is 0.511. The van der Waals surface area contributed by atoms with E-state index in [1.54, 1.807) is 6.26 Å². The van der Waals surface area contributed by atoms with E-state index in [0.29, 0.717) is 19.8 Å². The van der Waals surface area contributed by atoms with Gasteiger partial charge in [-0.05, 0) is 20.0 Å². The van der Waals surface area contributed by atoms with E-state index in [9.17, 15) is 0 Å². The number of hydrogen-bond donors (Lipinski definition) is 1. The van der Waals surface area contributed by atoms with Gasteiger partial charge >= 0.3 is 0 Å². The Bertz CT molecular complexity index is 260. The fraction of sp³-hybridized carbons (Fsp3) is 0.636. The van der Waals surface area contributed by atoms with Crippen LogP contribution >= 0.6 is 0 Å². The molecule has 0 aliphatic heterocycles. The van der Waals surface area contributed by atoms with Crippen LogP contribution in [0.5, 0.6) is 0 Å². The number of ether oxygens (including phenoxy) is 2. The molecule has 0 saturated heterocycles. The van der Waals surface area contributed by atoms with Crippen molar-refractivity contribution >= 4 is 0 Å². The van der Waals surface area contributed by atoms with E-state index in [-0.39, 0.29) is 0 Å². The zero-order chi connectivity index (χ0) is 10.9. The average Bonchev–Trinajstić information content (AvgIpc) is 2.66. The Morgan fingerprint density at radius 3 is 2.87 bits per heavy atom. The first-order valence-corrected chi connectivity index (χ1v) is 5.23. The highest BCUT2D eigenvalue weighted by atomic mass is 16.5. The molecule has 86 valence electrons. The van der Waals surface area contributed by atoms with Gasteiger partial charge in [-0.2, -0.15) is 0 Å². The lowest BCUT2D eigenvalue weighted by atomic mass is 10.2. The molecule has 0 amide bonds. The van der Waals surface area contributed by atoms with Gasteiger partial charge in [0, 0.05) is 18.7 Å². The van der Waals surface area contributed by atoms with Crippen molar-refractivity contribution in [3.05, 3.63) is 23.7 Å². The molecule has 4 nitrogen and oxygen atoms in total. The summed E-state index contributed by atoms with van der Waals surface area (Å²) in [6.07, 6.45) is 1.69. The first-order chi connectivity index (χ1) is 7.38. The molecule has 4 heteroatoms. The fourth-order valence-corrected chi connectivity index (χ4v) is 1.27. The Labute approximate surface area is 90.6 Å². The summed E-state index contributed by atoms with van der Waals surface area (Å²) in [4.78, 5) is 0. The van der Waals surface area contributed by atoms with E-state index in [2.05, 4.69) is 5.32 Å². The van der Waals surface area contributed by atoms with Crippen LogP contribution in [0.25, 0.3) is 0 Å². The molecule has 0 fully saturated rings. The molecule has 0 saturated carbocycles. The summed E-state index contributed by atoms with van der Waals surface area (Å²) < 4.78 is 15.9. The SMILES string of the molecule is CCOCCOCc1occc1CNC. The van der Waals surface area contributed by atoms with Crippen LogP contribution in [-0.2, 0) is 22.6 Å². The molecule has 1 rings (SSSR count). The van der Waals surface area contributed by atoms with Crippen molar-refractivity contribution in [3.8, 4) is 0 Å². The van der Waals surface area contributed by atoms with Crippen molar-refractivity contribution in [3.63, 3.8) is 0 Å². The van der Waals surface area contributed by atoms with Crippen LogP contribution < -0.4 is 5.32 Å². The van der Waals surface area contributed by atoms with Crippen LogP contribution in [0.4, 0.5) is 0 Å². The van der Waals surface area contributed by atoms with Gasteiger partial charge < -0.3 is 19.2 Å². The predicted octanol–water partition coefficient (Wildman–Crippen LogP) is 1.55. The van der Waals surface area contributed by atoms with Gasteiger partial charge in [-0.1, -0.05) is 0 Å². The summed E-state index contributed by atoms with van der Waals surface area (Å²) in [5.41, 5.74) is 1.15. The molecular formula is C11H19NO3. The molecule has 0 aromatic carbocycles. The highest BCUT2D eigenvalue weighted by molar-refractivity contribution is 5.15. The Kier molecular flexibility index (Phi) is 6.08. The zero-order valence-electron chi connectivity index (χ0n) is 9.41. The number of rotatable bonds is 8. The molecular weight excluding hydrogens is 194 g/mol. The molecule has 0 atom stereocenters. The first-order valence-electron chi connectivity index (χ1n) is 5.23. The lowest BCUT2D eigenvalue weighted by molar-refractivity contribution is 0.0387. The molecule has 0 bridgehead atoms. The summed E-state index contributed by atoms with van der Waals surface area (Å²) in [7, 11) is 1.91. The van der Waals surface area contributed by atoms with Crippen LogP contribution in [0.3, 0.4) is 0 Å². The summed E-state index contributed by atoms with van der Waals surface area (Å²) in [6, 6.07) is 1.96. The molecule has 0 spiro atoms. The molecule has 1 heterocycles. The third-order valence-corrected chi connectivity index (χ3v) is 2.01. The van der Waals surface area contributed by atoms with Crippen LogP contribution in [0.15, 0.2) is 16.7 Å². The van der Waals surface area contributed by atoms with E-state index in [4.69, 9.17) is 13.9 Å². The topological polar surface area (TPSA) is 43.6 Å². The Morgan fingerprint density at radius 2 is 2.13 bits per heavy atom. The van der Waals surface area contributed by atoms with Gasteiger partial charge in [0.05, 0.1) is 19.5 Å². The molecule has 0 unspecified atom stereocenters. The molecule has 0 radical (unpaired) electrons. The molecule has 1 aromatic rings. The fourth-order valence-electron chi connectivity index (χ4n) is 1.27. The van der Waals surface area contributed by atoms with Crippen molar-refractivity contribution in [2.75, 3.05) is 26.9 Å². The number of hydrogen-bond acceptors (Lipinski definition) is 4. The number of nitrogens with one attached hydrogen (secondary N) is 1. The minimum atomic E-state index is 0.511. The monoisotopic (exact) mass is 213 g/mol. The Morgan fingerprint density at radius 1 is 1.33 bits per heavy atom. The Balaban J connectivity index is 2.21. The maximum atomic E-state index is 5.42. The normalized spacial score (nSPS) is 10.8. The summed E-state index contributed by atoms with van der Waals surface area (Å²) in [6.45, 7) is 5.26. The first kappa shape index (κ1) is 12.2. The molecule has 15 heavy (non-hydrogen) atoms. The maximum absolute atomic E-state index is 5.42. The van der Waals surface area contributed by atoms with Crippen molar-refractivity contribution < 1.29 is 13.9 Å². The quantitative estimate of drug-likeness (QED) is 0.665. The molecule has 0 aliphatic rings. The lowest BCUT2D eigenvalue weighted by Crippen LogP contribution is -2.08. The third-order valence-electron chi connectivity index (χ3n) is 2.01. The van der Waals surface area contributed by atoms with Gasteiger partial charge in [-0.3, -0.25) is 0 Å². The van der Waals surface area contributed by atoms with E-state index >= 15 is 0 Å². The molecule has 0 aliphatic carbocycles. The van der Waals surface area contributed by atoms with Crippen molar-refractivity contribution in [2.24, 2.45) is 0 Å². The summed E-state index contributed by atoms with van der Waals surface area (Å²) in [5, 5.41) is 3.08. The maximum Gasteiger partial charge on any atom is 0.133 e. The highest BCUT2D eigenvalue weighted by Crippen LogP contribution is 2.11. The van der Waals surface area contributed by atoms with Gasteiger partial charge in [-0.15, -0.1) is 0 Å². The largest absolute Gasteiger partial charge is 0.467 e. The van der Waals surface area contributed by atoms with Gasteiger partial charge in [0.25, 0.3) is 0 Å². The predicted molar refractivity (Wildman–Crippen MR) is 57.6 cm³/mol. The summed E-state index contributed by atoms with van der Waals surface area (Å²) >= 11 is 0. The average molecular weight is 213 g/mol. The second-order valence-corrected chi connectivity index (χ2v) is 3.15. The van der Waals surface area contributed by atoms with Crippen molar-refractivity contribution in [1.82, 2.24) is 5.32 Å². The van der Waals surface area contributed by atoms with Gasteiger partial charge in [0.2, 0.25) is 0 Å². The summed E-state index contributed by atoms with van der Waals surface area (Å²) in [5.74, 6) is 0.890. The van der Waals surface area contributed by atoms with Crippen molar-refractivity contribution in [1.29, 1.82) is 0 Å². The smallest absolute Gasteiger partial charge is 0.133 e. The van der Waals surface area contributed by atoms with E-state index < -0.39 is 0 Å². The second-order valence-electron chi connectivity index (χ2n) is 3.15. The van der Waals surface area contributed by atoms with Crippen molar-refractivity contribution in [2.45, 2.75) is 20.1 Å². The van der Waals surface area contributed by atoms with Crippen LogP contribution in [0.1, 0.15) is 18.2 Å². The third kappa shape index (κ3) is 4.46. The lowest BCUT2D eigenvalue weighted by Gasteiger charge is -2.04. The second kappa shape index (κ2) is 7.45. The standard InChI is InChI=1S/C11H19NO3/c1-3-13-6-7-14-9-11-10(8-12-2)4-5-15-11/h4-5,12H,3,6-9H2,1-2H3. The van der Waals surface area contributed by atoms with E-state index in [1.807, 2.05) is 20.0 Å². The minimum Gasteiger partial charge on any atom is -0.467 e. The Hall–Kier alpha value is -0.840. The van der Waals surface area contributed by atoms with Gasteiger partial charge in [-0.25, -0.2) is 0 Å². The van der Waals surface area contributed by atoms with E-state index in [0.717, 1.165) is 24.5 Å². The zero-order valence-corrected chi connectivity index (χ0v) is 9.41. The van der Waals surface area contributed by atoms with Crippen LogP contribution in [0, 0.1) is 0 Å². The van der Waals surface area contributed by atoms with E-state index in [1.165, 1.54) is 0 Å². The van der Waals surface area contributed by atoms with Crippen LogP contribution in [-0.4, -0.2) is 26.9 Å². The molecule has 1 N–H and O–H groups in total. The number of furan rings is 1.